The summed E-state index contributed by atoms with van der Waals surface area (Å²) in [6, 6.07) is 5.74. The van der Waals surface area contributed by atoms with Crippen LogP contribution in [0, 0.1) is 6.92 Å². The molecule has 2 aromatic rings. The van der Waals surface area contributed by atoms with Gasteiger partial charge in [0, 0.05) is 13.1 Å². The maximum Gasteiger partial charge on any atom is 0.317 e. The summed E-state index contributed by atoms with van der Waals surface area (Å²) in [4.78, 5) is 21.1. The molecule has 1 heterocycles. The van der Waals surface area contributed by atoms with Crippen LogP contribution in [-0.4, -0.2) is 45.7 Å². The van der Waals surface area contributed by atoms with E-state index in [4.69, 9.17) is 5.11 Å². The molecule has 0 saturated carbocycles. The molecule has 6 heteroatoms. The number of nitrogens with one attached hydrogen (secondary N) is 2. The third-order valence-corrected chi connectivity index (χ3v) is 3.21. The van der Waals surface area contributed by atoms with Gasteiger partial charge in [0.2, 0.25) is 0 Å². The van der Waals surface area contributed by atoms with Gasteiger partial charge in [-0.3, -0.25) is 0 Å². The van der Waals surface area contributed by atoms with E-state index in [0.29, 0.717) is 19.6 Å². The molecule has 108 valence electrons. The summed E-state index contributed by atoms with van der Waals surface area (Å²) in [5.74, 6) is 0.725. The van der Waals surface area contributed by atoms with Gasteiger partial charge < -0.3 is 20.3 Å². The van der Waals surface area contributed by atoms with Gasteiger partial charge in [0.15, 0.2) is 0 Å². The second-order valence-electron chi connectivity index (χ2n) is 4.62. The molecule has 0 aliphatic heterocycles. The number of aromatic amines is 1. The first-order valence-corrected chi connectivity index (χ1v) is 6.73. The molecule has 0 unspecified atom stereocenters. The van der Waals surface area contributed by atoms with E-state index in [1.54, 1.807) is 4.90 Å². The highest BCUT2D eigenvalue weighted by Crippen LogP contribution is 2.15. The highest BCUT2D eigenvalue weighted by Gasteiger charge is 2.11. The second-order valence-corrected chi connectivity index (χ2v) is 4.62. The van der Waals surface area contributed by atoms with Crippen LogP contribution in [0.1, 0.15) is 18.3 Å². The van der Waals surface area contributed by atoms with E-state index in [0.717, 1.165) is 22.4 Å². The molecule has 0 fully saturated rings. The zero-order valence-electron chi connectivity index (χ0n) is 11.8. The number of amides is 2. The topological polar surface area (TPSA) is 81.2 Å². The van der Waals surface area contributed by atoms with Crippen molar-refractivity contribution in [2.24, 2.45) is 0 Å². The summed E-state index contributed by atoms with van der Waals surface area (Å²) in [6.07, 6.45) is 0. The average molecular weight is 276 g/mol. The fraction of sp³-hybridized carbons (Fsp3) is 0.429. The van der Waals surface area contributed by atoms with Crippen molar-refractivity contribution >= 4 is 17.1 Å². The number of fused-ring (bicyclic) bond motifs is 1. The zero-order chi connectivity index (χ0) is 14.5. The van der Waals surface area contributed by atoms with Gasteiger partial charge >= 0.3 is 6.03 Å². The Labute approximate surface area is 117 Å². The first-order valence-electron chi connectivity index (χ1n) is 6.73. The van der Waals surface area contributed by atoms with Crippen LogP contribution in [0.2, 0.25) is 0 Å². The van der Waals surface area contributed by atoms with Crippen molar-refractivity contribution in [1.29, 1.82) is 0 Å². The summed E-state index contributed by atoms with van der Waals surface area (Å²) in [5.41, 5.74) is 3.00. The van der Waals surface area contributed by atoms with Crippen molar-refractivity contribution in [3.8, 4) is 0 Å². The van der Waals surface area contributed by atoms with E-state index in [-0.39, 0.29) is 12.6 Å². The Hall–Kier alpha value is -2.08. The Morgan fingerprint density at radius 2 is 2.30 bits per heavy atom. The molecule has 0 atom stereocenters. The number of aliphatic hydroxyl groups is 1. The lowest BCUT2D eigenvalue weighted by Crippen LogP contribution is -2.41. The number of aryl methyl sites for hydroxylation is 1. The fourth-order valence-corrected chi connectivity index (χ4v) is 2.11. The van der Waals surface area contributed by atoms with Gasteiger partial charge in [0.05, 0.1) is 24.2 Å². The maximum absolute atomic E-state index is 11.9. The maximum atomic E-state index is 11.9. The number of carbonyl (C=O) groups excluding carboxylic acids is 1. The lowest BCUT2D eigenvalue weighted by Gasteiger charge is -2.19. The Balaban J connectivity index is 2.02. The minimum atomic E-state index is -0.196. The van der Waals surface area contributed by atoms with Gasteiger partial charge in [-0.1, -0.05) is 12.1 Å². The third-order valence-electron chi connectivity index (χ3n) is 3.21. The molecule has 1 aromatic carbocycles. The molecule has 0 aliphatic rings. The van der Waals surface area contributed by atoms with Crippen molar-refractivity contribution < 1.29 is 9.90 Å². The molecule has 2 rings (SSSR count). The quantitative estimate of drug-likeness (QED) is 0.772. The van der Waals surface area contributed by atoms with Crippen LogP contribution in [0.4, 0.5) is 4.79 Å². The van der Waals surface area contributed by atoms with Crippen molar-refractivity contribution in [2.45, 2.75) is 20.4 Å². The average Bonchev–Trinajstić information content (AvgIpc) is 2.86. The van der Waals surface area contributed by atoms with Gasteiger partial charge in [-0.15, -0.1) is 0 Å². The fourth-order valence-electron chi connectivity index (χ4n) is 2.11. The van der Waals surface area contributed by atoms with Crippen LogP contribution in [0.25, 0.3) is 11.0 Å². The Morgan fingerprint density at radius 1 is 1.50 bits per heavy atom. The number of rotatable bonds is 5. The summed E-state index contributed by atoms with van der Waals surface area (Å²) < 4.78 is 0. The number of hydrogen-bond donors (Lipinski definition) is 3. The van der Waals surface area contributed by atoms with E-state index >= 15 is 0 Å². The SMILES string of the molecule is CCN(CCO)C(=O)NCc1nc2c(C)cccc2[nH]1. The van der Waals surface area contributed by atoms with Gasteiger partial charge in [0.25, 0.3) is 0 Å². The highest BCUT2D eigenvalue weighted by atomic mass is 16.3. The second kappa shape index (κ2) is 6.38. The number of aromatic nitrogens is 2. The molecule has 0 aliphatic carbocycles. The summed E-state index contributed by atoms with van der Waals surface area (Å²) >= 11 is 0. The van der Waals surface area contributed by atoms with Gasteiger partial charge in [0.1, 0.15) is 5.82 Å². The van der Waals surface area contributed by atoms with Crippen LogP contribution in [-0.2, 0) is 6.54 Å². The monoisotopic (exact) mass is 276 g/mol. The predicted octanol–water partition coefficient (Wildman–Crippen LogP) is 1.40. The summed E-state index contributed by atoms with van der Waals surface area (Å²) in [6.45, 7) is 5.08. The lowest BCUT2D eigenvalue weighted by molar-refractivity contribution is 0.180. The van der Waals surface area contributed by atoms with Crippen molar-refractivity contribution in [3.63, 3.8) is 0 Å². The van der Waals surface area contributed by atoms with E-state index in [1.165, 1.54) is 0 Å². The third kappa shape index (κ3) is 3.08. The van der Waals surface area contributed by atoms with Crippen LogP contribution in [0.5, 0.6) is 0 Å². The van der Waals surface area contributed by atoms with E-state index in [9.17, 15) is 4.79 Å². The molecule has 2 amide bonds. The number of imidazole rings is 1. The number of aliphatic hydroxyl groups excluding tert-OH is 1. The summed E-state index contributed by atoms with van der Waals surface area (Å²) in [5, 5.41) is 11.7. The Bertz CT molecular complexity index is 594. The van der Waals surface area contributed by atoms with Crippen LogP contribution in [0.15, 0.2) is 18.2 Å². The van der Waals surface area contributed by atoms with Crippen molar-refractivity contribution in [2.75, 3.05) is 19.7 Å². The minimum absolute atomic E-state index is 0.0366. The normalized spacial score (nSPS) is 10.8. The molecule has 0 radical (unpaired) electrons. The molecule has 0 saturated heterocycles. The van der Waals surface area contributed by atoms with Crippen molar-refractivity contribution in [1.82, 2.24) is 20.2 Å². The molecular formula is C14H20N4O2. The standard InChI is InChI=1S/C14H20N4O2/c1-3-18(7-8-19)14(20)15-9-12-16-11-6-4-5-10(2)13(11)17-12/h4-6,19H,3,7-9H2,1-2H3,(H,15,20)(H,16,17). The zero-order valence-corrected chi connectivity index (χ0v) is 11.8. The molecule has 0 spiro atoms. The number of likely N-dealkylation sites (N-methyl/N-ethyl adjacent to an activating group) is 1. The van der Waals surface area contributed by atoms with Gasteiger partial charge in [-0.05, 0) is 25.5 Å². The van der Waals surface area contributed by atoms with E-state index in [1.807, 2.05) is 32.0 Å². The minimum Gasteiger partial charge on any atom is -0.395 e. The predicted molar refractivity (Wildman–Crippen MR) is 77.4 cm³/mol. The smallest absolute Gasteiger partial charge is 0.317 e. The number of nitrogens with zero attached hydrogens (tertiary/aromatic N) is 2. The first-order chi connectivity index (χ1) is 9.65. The highest BCUT2D eigenvalue weighted by molar-refractivity contribution is 5.78. The molecule has 3 N–H and O–H groups in total. The number of H-pyrrole nitrogens is 1. The molecular weight excluding hydrogens is 256 g/mol. The van der Waals surface area contributed by atoms with E-state index < -0.39 is 0 Å². The molecule has 1 aromatic heterocycles. The van der Waals surface area contributed by atoms with Crippen LogP contribution >= 0.6 is 0 Å². The first kappa shape index (κ1) is 14.3. The van der Waals surface area contributed by atoms with Gasteiger partial charge in [-0.25, -0.2) is 9.78 Å². The van der Waals surface area contributed by atoms with Crippen molar-refractivity contribution in [3.05, 3.63) is 29.6 Å². The van der Waals surface area contributed by atoms with Crippen LogP contribution in [0.3, 0.4) is 0 Å². The largest absolute Gasteiger partial charge is 0.395 e. The summed E-state index contributed by atoms with van der Waals surface area (Å²) in [7, 11) is 0. The number of para-hydroxylation sites is 1. The van der Waals surface area contributed by atoms with Gasteiger partial charge in [-0.2, -0.15) is 0 Å². The van der Waals surface area contributed by atoms with Crippen LogP contribution < -0.4 is 5.32 Å². The Morgan fingerprint density at radius 3 is 2.95 bits per heavy atom. The lowest BCUT2D eigenvalue weighted by atomic mass is 10.2. The number of benzene rings is 1. The molecule has 0 bridgehead atoms. The van der Waals surface area contributed by atoms with E-state index in [2.05, 4.69) is 15.3 Å². The number of hydrogen-bond acceptors (Lipinski definition) is 3. The number of urea groups is 1. The number of carbonyl (C=O) groups is 1. The Kier molecular flexibility index (Phi) is 4.57. The molecule has 6 nitrogen and oxygen atoms in total. The molecule has 20 heavy (non-hydrogen) atoms.